The predicted molar refractivity (Wildman–Crippen MR) is 160 cm³/mol. The number of hydrogen-bond acceptors (Lipinski definition) is 6. The van der Waals surface area contributed by atoms with Crippen LogP contribution in [0.15, 0.2) is 82.6 Å². The Morgan fingerprint density at radius 3 is 2.27 bits per heavy atom. The van der Waals surface area contributed by atoms with Gasteiger partial charge in [-0.1, -0.05) is 31.2 Å². The van der Waals surface area contributed by atoms with Crippen LogP contribution >= 0.6 is 11.8 Å². The second-order valence-electron chi connectivity index (χ2n) is 9.20. The second kappa shape index (κ2) is 14.9. The normalized spacial score (nSPS) is 11.9. The van der Waals surface area contributed by atoms with Gasteiger partial charge < -0.3 is 15.0 Å². The molecule has 2 amide bonds. The number of hydrogen-bond donors (Lipinski definition) is 1. The van der Waals surface area contributed by atoms with E-state index in [9.17, 15) is 22.4 Å². The van der Waals surface area contributed by atoms with Gasteiger partial charge in [0.1, 0.15) is 24.2 Å². The first kappa shape index (κ1) is 32.0. The number of ether oxygens (including phenoxy) is 1. The van der Waals surface area contributed by atoms with Crippen LogP contribution in [0.4, 0.5) is 10.1 Å². The van der Waals surface area contributed by atoms with Gasteiger partial charge in [0.2, 0.25) is 11.8 Å². The van der Waals surface area contributed by atoms with E-state index in [0.717, 1.165) is 9.20 Å². The van der Waals surface area contributed by atoms with Gasteiger partial charge in [-0.05, 0) is 80.6 Å². The van der Waals surface area contributed by atoms with Gasteiger partial charge in [0.05, 0.1) is 17.2 Å². The molecule has 3 rings (SSSR count). The summed E-state index contributed by atoms with van der Waals surface area (Å²) in [5.41, 5.74) is 0.785. The number of rotatable bonds is 14. The Labute approximate surface area is 245 Å². The number of halogens is 1. The predicted octanol–water partition coefficient (Wildman–Crippen LogP) is 5.09. The largest absolute Gasteiger partial charge is 0.492 e. The molecule has 0 bridgehead atoms. The fourth-order valence-electron chi connectivity index (χ4n) is 4.09. The van der Waals surface area contributed by atoms with Gasteiger partial charge in [-0.3, -0.25) is 13.9 Å². The molecule has 3 aromatic carbocycles. The average molecular weight is 602 g/mol. The van der Waals surface area contributed by atoms with E-state index >= 15 is 0 Å². The third-order valence-electron chi connectivity index (χ3n) is 6.34. The van der Waals surface area contributed by atoms with E-state index in [4.69, 9.17) is 4.74 Å². The molecule has 3 aromatic rings. The minimum absolute atomic E-state index is 0.00761. The molecule has 0 fully saturated rings. The summed E-state index contributed by atoms with van der Waals surface area (Å²) < 4.78 is 48.4. The van der Waals surface area contributed by atoms with Crippen molar-refractivity contribution in [3.8, 4) is 5.75 Å². The van der Waals surface area contributed by atoms with Crippen LogP contribution in [0.5, 0.6) is 5.75 Å². The van der Waals surface area contributed by atoms with E-state index in [1.807, 2.05) is 13.2 Å². The summed E-state index contributed by atoms with van der Waals surface area (Å²) in [6.45, 7) is 5.37. The van der Waals surface area contributed by atoms with Crippen LogP contribution < -0.4 is 14.4 Å². The van der Waals surface area contributed by atoms with Gasteiger partial charge in [0.25, 0.3) is 10.0 Å². The molecular formula is C30H36FN3O5S2. The van der Waals surface area contributed by atoms with Crippen LogP contribution in [0.2, 0.25) is 0 Å². The lowest BCUT2D eigenvalue weighted by Gasteiger charge is -2.32. The standard InChI is InChI=1S/C30H36FN3O5S2/c1-5-19-32-30(36)22(3)33(20-23-11-13-24(31)14-12-23)29(35)21-34(27-9-7-8-10-28(27)39-6-2)41(37,38)26-17-15-25(40-4)16-18-26/h7-18,22H,5-6,19-21H2,1-4H3,(H,32,36)/t22-/m0/s1. The van der Waals surface area contributed by atoms with Crippen LogP contribution in [-0.2, 0) is 26.2 Å². The molecule has 0 heterocycles. The highest BCUT2D eigenvalue weighted by Gasteiger charge is 2.33. The molecule has 0 unspecified atom stereocenters. The Kier molecular flexibility index (Phi) is 11.6. The van der Waals surface area contributed by atoms with Crippen molar-refractivity contribution in [3.05, 3.63) is 84.2 Å². The molecule has 0 aliphatic heterocycles. The van der Waals surface area contributed by atoms with E-state index in [1.165, 1.54) is 53.1 Å². The van der Waals surface area contributed by atoms with Crippen LogP contribution in [-0.4, -0.2) is 57.1 Å². The number of anilines is 1. The summed E-state index contributed by atoms with van der Waals surface area (Å²) in [6, 6.07) is 17.7. The van der Waals surface area contributed by atoms with Gasteiger partial charge in [0.15, 0.2) is 0 Å². The van der Waals surface area contributed by atoms with Crippen LogP contribution in [0.25, 0.3) is 0 Å². The maximum Gasteiger partial charge on any atom is 0.264 e. The number of nitrogens with one attached hydrogen (secondary N) is 1. The number of thioether (sulfide) groups is 1. The van der Waals surface area contributed by atoms with Crippen molar-refractivity contribution in [2.75, 3.05) is 30.3 Å². The molecule has 0 aromatic heterocycles. The molecule has 11 heteroatoms. The summed E-state index contributed by atoms with van der Waals surface area (Å²) in [4.78, 5) is 29.1. The Hall–Kier alpha value is -3.57. The van der Waals surface area contributed by atoms with E-state index < -0.39 is 34.3 Å². The van der Waals surface area contributed by atoms with Gasteiger partial charge in [-0.15, -0.1) is 11.8 Å². The molecule has 1 atom stereocenters. The van der Waals surface area contributed by atoms with Crippen molar-refractivity contribution in [2.24, 2.45) is 0 Å². The van der Waals surface area contributed by atoms with Crippen molar-refractivity contribution in [3.63, 3.8) is 0 Å². The molecule has 0 aliphatic rings. The van der Waals surface area contributed by atoms with E-state index in [1.54, 1.807) is 50.2 Å². The van der Waals surface area contributed by atoms with E-state index in [2.05, 4.69) is 5.32 Å². The highest BCUT2D eigenvalue weighted by molar-refractivity contribution is 7.98. The van der Waals surface area contributed by atoms with Gasteiger partial charge in [-0.25, -0.2) is 12.8 Å². The number of nitrogens with zero attached hydrogens (tertiary/aromatic N) is 2. The van der Waals surface area contributed by atoms with Crippen LogP contribution in [0, 0.1) is 5.82 Å². The zero-order chi connectivity index (χ0) is 30.0. The average Bonchev–Trinajstić information content (AvgIpc) is 2.98. The third kappa shape index (κ3) is 8.23. The molecule has 0 saturated carbocycles. The summed E-state index contributed by atoms with van der Waals surface area (Å²) in [7, 11) is -4.24. The van der Waals surface area contributed by atoms with Gasteiger partial charge in [-0.2, -0.15) is 0 Å². The molecular weight excluding hydrogens is 565 g/mol. The zero-order valence-corrected chi connectivity index (χ0v) is 25.3. The Balaban J connectivity index is 2.07. The van der Waals surface area contributed by atoms with Crippen molar-refractivity contribution < 1.29 is 27.1 Å². The van der Waals surface area contributed by atoms with E-state index in [0.29, 0.717) is 24.3 Å². The highest BCUT2D eigenvalue weighted by atomic mass is 32.2. The monoisotopic (exact) mass is 601 g/mol. The van der Waals surface area contributed by atoms with Crippen LogP contribution in [0.1, 0.15) is 32.8 Å². The number of carbonyl (C=O) groups is 2. The molecule has 220 valence electrons. The zero-order valence-electron chi connectivity index (χ0n) is 23.7. The molecule has 1 N–H and O–H groups in total. The minimum Gasteiger partial charge on any atom is -0.492 e. The van der Waals surface area contributed by atoms with Crippen molar-refractivity contribution in [1.29, 1.82) is 0 Å². The van der Waals surface area contributed by atoms with Gasteiger partial charge >= 0.3 is 0 Å². The Bertz CT molecular complexity index is 1420. The smallest absolute Gasteiger partial charge is 0.264 e. The molecule has 0 spiro atoms. The molecule has 0 radical (unpaired) electrons. The number of benzene rings is 3. The lowest BCUT2D eigenvalue weighted by atomic mass is 10.1. The highest BCUT2D eigenvalue weighted by Crippen LogP contribution is 2.33. The first-order chi connectivity index (χ1) is 19.6. The molecule has 0 aliphatic carbocycles. The van der Waals surface area contributed by atoms with Crippen molar-refractivity contribution in [1.82, 2.24) is 10.2 Å². The molecule has 41 heavy (non-hydrogen) atoms. The quantitative estimate of drug-likeness (QED) is 0.259. The SMILES string of the molecule is CCCNC(=O)[C@H](C)N(Cc1ccc(F)cc1)C(=O)CN(c1ccccc1OCC)S(=O)(=O)c1ccc(SC)cc1. The van der Waals surface area contributed by atoms with Crippen LogP contribution in [0.3, 0.4) is 0 Å². The number of carbonyl (C=O) groups excluding carboxylic acids is 2. The molecule has 8 nitrogen and oxygen atoms in total. The summed E-state index contributed by atoms with van der Waals surface area (Å²) in [6.07, 6.45) is 2.60. The van der Waals surface area contributed by atoms with Crippen molar-refractivity contribution >= 4 is 39.3 Å². The lowest BCUT2D eigenvalue weighted by molar-refractivity contribution is -0.139. The Morgan fingerprint density at radius 2 is 1.66 bits per heavy atom. The summed E-state index contributed by atoms with van der Waals surface area (Å²) >= 11 is 1.48. The number of amides is 2. The number of sulfonamides is 1. The fourth-order valence-corrected chi connectivity index (χ4v) is 5.93. The first-order valence-corrected chi connectivity index (χ1v) is 16.0. The topological polar surface area (TPSA) is 96.0 Å². The summed E-state index contributed by atoms with van der Waals surface area (Å²) in [5, 5.41) is 2.79. The van der Waals surface area contributed by atoms with Gasteiger partial charge in [0, 0.05) is 18.0 Å². The summed E-state index contributed by atoms with van der Waals surface area (Å²) in [5.74, 6) is -1.12. The number of para-hydroxylation sites is 2. The fraction of sp³-hybridized carbons (Fsp3) is 0.333. The second-order valence-corrected chi connectivity index (χ2v) is 11.9. The Morgan fingerprint density at radius 1 is 1.00 bits per heavy atom. The third-order valence-corrected chi connectivity index (χ3v) is 8.86. The lowest BCUT2D eigenvalue weighted by Crippen LogP contribution is -2.51. The van der Waals surface area contributed by atoms with Crippen molar-refractivity contribution in [2.45, 2.75) is 49.6 Å². The minimum atomic E-state index is -4.24. The first-order valence-electron chi connectivity index (χ1n) is 13.3. The maximum absolute atomic E-state index is 14.1. The van der Waals surface area contributed by atoms with E-state index in [-0.39, 0.29) is 29.6 Å². The molecule has 0 saturated heterocycles. The maximum atomic E-state index is 14.1.